The largest absolute Gasteiger partial charge is 0.481 e. The topological polar surface area (TPSA) is 74.6 Å². The van der Waals surface area contributed by atoms with Crippen molar-refractivity contribution in [3.8, 4) is 0 Å². The van der Waals surface area contributed by atoms with Gasteiger partial charge < -0.3 is 10.2 Å². The van der Waals surface area contributed by atoms with Crippen molar-refractivity contribution in [2.24, 2.45) is 0 Å². The van der Waals surface area contributed by atoms with Crippen LogP contribution in [-0.2, 0) is 9.59 Å². The third-order valence-electron chi connectivity index (χ3n) is 7.05. The van der Waals surface area contributed by atoms with Crippen LogP contribution in [0.15, 0.2) is 122 Å². The lowest BCUT2D eigenvalue weighted by Crippen LogP contribution is -1.91. The average Bonchev–Trinajstić information content (AvgIpc) is 3.07. The molecule has 0 amide bonds. The zero-order valence-electron chi connectivity index (χ0n) is 30.4. The van der Waals surface area contributed by atoms with Gasteiger partial charge in [-0.1, -0.05) is 194 Å². The third-order valence-corrected chi connectivity index (χ3v) is 7.05. The predicted octanol–water partition coefficient (Wildman–Crippen LogP) is 13.5. The Labute approximate surface area is 294 Å². The minimum atomic E-state index is -0.930. The second-order valence-electron chi connectivity index (χ2n) is 11.6. The van der Waals surface area contributed by atoms with Gasteiger partial charge in [0.05, 0.1) is 0 Å². The molecule has 0 aromatic rings. The maximum absolute atomic E-state index is 10.3. The second kappa shape index (κ2) is 43.3. The van der Waals surface area contributed by atoms with Crippen LogP contribution >= 0.6 is 0 Å². The Balaban J connectivity index is 0. The van der Waals surface area contributed by atoms with Crippen molar-refractivity contribution in [3.05, 3.63) is 122 Å². The van der Waals surface area contributed by atoms with E-state index in [1.165, 1.54) is 89.5 Å². The molecule has 0 atom stereocenters. The maximum Gasteiger partial charge on any atom is 0.328 e. The van der Waals surface area contributed by atoms with Crippen molar-refractivity contribution in [2.45, 2.75) is 142 Å². The highest BCUT2D eigenvalue weighted by molar-refractivity contribution is 5.80. The van der Waals surface area contributed by atoms with Crippen molar-refractivity contribution >= 4 is 11.9 Å². The molecule has 0 bridgehead atoms. The number of aliphatic carboxylic acids is 2. The summed E-state index contributed by atoms with van der Waals surface area (Å²) in [4.78, 5) is 20.5. The smallest absolute Gasteiger partial charge is 0.328 e. The summed E-state index contributed by atoms with van der Waals surface area (Å²) in [7, 11) is 0. The Kier molecular flexibility index (Phi) is 41.9. The molecule has 0 saturated carbocycles. The molecule has 0 saturated heterocycles. The first-order chi connectivity index (χ1) is 23.5. The summed E-state index contributed by atoms with van der Waals surface area (Å²) >= 11 is 0. The number of hydrogen-bond acceptors (Lipinski definition) is 2. The minimum absolute atomic E-state index is 0.213. The van der Waals surface area contributed by atoms with E-state index in [0.29, 0.717) is 6.42 Å². The number of carbonyl (C=O) groups is 2. The molecule has 48 heavy (non-hydrogen) atoms. The normalized spacial score (nSPS) is 12.7. The fourth-order valence-corrected chi connectivity index (χ4v) is 4.31. The Morgan fingerprint density at radius 3 is 1.23 bits per heavy atom. The standard InChI is InChI=1S/2C22H34O2/c2*1-2-3-4-5-6-7-8-9-10-11-12-13-14-15-16-17-18-19-20-21-22(23)24/h12-21H,2-11H2,1H3,(H,23,24);6-7,9-10,12-13,15-16,18-19H,2-5,8,11,14,17,20-21H2,1H3,(H,23,24). The summed E-state index contributed by atoms with van der Waals surface area (Å²) in [5.41, 5.74) is 0. The first kappa shape index (κ1) is 46.5. The fraction of sp³-hybridized carbons (Fsp3) is 0.500. The molecule has 0 unspecified atom stereocenters. The summed E-state index contributed by atoms with van der Waals surface area (Å²) in [5, 5.41) is 16.9. The Morgan fingerprint density at radius 1 is 0.396 bits per heavy atom. The van der Waals surface area contributed by atoms with Crippen LogP contribution in [0.1, 0.15) is 142 Å². The predicted molar refractivity (Wildman–Crippen MR) is 210 cm³/mol. The lowest BCUT2D eigenvalue weighted by atomic mass is 10.1. The molecule has 4 heteroatoms. The van der Waals surface area contributed by atoms with E-state index in [0.717, 1.165) is 38.2 Å². The quantitative estimate of drug-likeness (QED) is 0.0348. The van der Waals surface area contributed by atoms with Gasteiger partial charge in [0.15, 0.2) is 0 Å². The van der Waals surface area contributed by atoms with Crippen LogP contribution in [-0.4, -0.2) is 22.2 Å². The number of hydrogen-bond donors (Lipinski definition) is 2. The molecule has 0 rings (SSSR count). The van der Waals surface area contributed by atoms with E-state index in [-0.39, 0.29) is 6.42 Å². The first-order valence-electron chi connectivity index (χ1n) is 18.6. The van der Waals surface area contributed by atoms with Crippen LogP contribution < -0.4 is 0 Å². The molecule has 0 aromatic carbocycles. The van der Waals surface area contributed by atoms with Gasteiger partial charge in [0.25, 0.3) is 0 Å². The molecule has 0 heterocycles. The van der Waals surface area contributed by atoms with Crippen LogP contribution in [0, 0.1) is 0 Å². The zero-order chi connectivity index (χ0) is 35.4. The molecule has 0 fully saturated rings. The van der Waals surface area contributed by atoms with E-state index < -0.39 is 11.9 Å². The SMILES string of the molecule is CCCCCC=CCC=CCC=CCC=CCC=CCCC(=O)O.CCCCCCCCCCCC=CC=CC=CC=CC=CC(=O)O. The lowest BCUT2D eigenvalue weighted by molar-refractivity contribution is -0.137. The molecule has 2 N–H and O–H groups in total. The van der Waals surface area contributed by atoms with Crippen molar-refractivity contribution < 1.29 is 19.8 Å². The molecule has 268 valence electrons. The maximum atomic E-state index is 10.3. The molecular formula is C44H68O4. The Morgan fingerprint density at radius 2 is 0.750 bits per heavy atom. The van der Waals surface area contributed by atoms with E-state index >= 15 is 0 Å². The van der Waals surface area contributed by atoms with Crippen LogP contribution in [0.4, 0.5) is 0 Å². The van der Waals surface area contributed by atoms with Crippen molar-refractivity contribution in [2.75, 3.05) is 0 Å². The van der Waals surface area contributed by atoms with Gasteiger partial charge in [0.2, 0.25) is 0 Å². The highest BCUT2D eigenvalue weighted by Crippen LogP contribution is 2.10. The summed E-state index contributed by atoms with van der Waals surface area (Å²) in [5.74, 6) is -1.67. The summed E-state index contributed by atoms with van der Waals surface area (Å²) in [6, 6.07) is 0. The minimum Gasteiger partial charge on any atom is -0.481 e. The molecule has 0 radical (unpaired) electrons. The molecule has 0 spiro atoms. The number of rotatable bonds is 30. The van der Waals surface area contributed by atoms with Gasteiger partial charge in [0, 0.05) is 12.5 Å². The zero-order valence-corrected chi connectivity index (χ0v) is 30.4. The average molecular weight is 661 g/mol. The number of carboxylic acid groups (broad SMARTS) is 2. The van der Waals surface area contributed by atoms with Gasteiger partial charge in [0.1, 0.15) is 0 Å². The monoisotopic (exact) mass is 661 g/mol. The van der Waals surface area contributed by atoms with Crippen LogP contribution in [0.3, 0.4) is 0 Å². The Bertz CT molecular complexity index is 1010. The third kappa shape index (κ3) is 49.2. The molecule has 4 nitrogen and oxygen atoms in total. The van der Waals surface area contributed by atoms with Gasteiger partial charge in [-0.25, -0.2) is 4.79 Å². The van der Waals surface area contributed by atoms with Gasteiger partial charge in [-0.2, -0.15) is 0 Å². The van der Waals surface area contributed by atoms with E-state index in [2.05, 4.69) is 74.6 Å². The highest BCUT2D eigenvalue weighted by atomic mass is 16.4. The van der Waals surface area contributed by atoms with Gasteiger partial charge in [-0.05, 0) is 57.8 Å². The van der Waals surface area contributed by atoms with Gasteiger partial charge in [-0.3, -0.25) is 4.79 Å². The van der Waals surface area contributed by atoms with Crippen molar-refractivity contribution in [1.29, 1.82) is 0 Å². The fourth-order valence-electron chi connectivity index (χ4n) is 4.31. The molecular weight excluding hydrogens is 592 g/mol. The molecule has 0 aromatic heterocycles. The molecule has 0 aliphatic carbocycles. The number of unbranched alkanes of at least 4 members (excludes halogenated alkanes) is 12. The van der Waals surface area contributed by atoms with E-state index in [1.54, 1.807) is 12.2 Å². The van der Waals surface area contributed by atoms with Crippen LogP contribution in [0.25, 0.3) is 0 Å². The van der Waals surface area contributed by atoms with Gasteiger partial charge in [-0.15, -0.1) is 0 Å². The Hall–Kier alpha value is -3.66. The van der Waals surface area contributed by atoms with Crippen LogP contribution in [0.5, 0.6) is 0 Å². The van der Waals surface area contributed by atoms with Crippen molar-refractivity contribution in [3.63, 3.8) is 0 Å². The van der Waals surface area contributed by atoms with E-state index in [9.17, 15) is 9.59 Å². The summed E-state index contributed by atoms with van der Waals surface area (Å²) in [6.07, 6.45) is 63.1. The van der Waals surface area contributed by atoms with Crippen molar-refractivity contribution in [1.82, 2.24) is 0 Å². The first-order valence-corrected chi connectivity index (χ1v) is 18.6. The molecule has 0 aliphatic rings. The van der Waals surface area contributed by atoms with Crippen LogP contribution in [0.2, 0.25) is 0 Å². The lowest BCUT2D eigenvalue weighted by Gasteiger charge is -2.00. The number of allylic oxidation sites excluding steroid dienone is 19. The number of carboxylic acids is 2. The summed E-state index contributed by atoms with van der Waals surface area (Å²) < 4.78 is 0. The van der Waals surface area contributed by atoms with E-state index in [4.69, 9.17) is 10.2 Å². The highest BCUT2D eigenvalue weighted by Gasteiger charge is 1.91. The van der Waals surface area contributed by atoms with E-state index in [1.807, 2.05) is 36.5 Å². The summed E-state index contributed by atoms with van der Waals surface area (Å²) in [6.45, 7) is 4.50. The molecule has 0 aliphatic heterocycles. The van der Waals surface area contributed by atoms with Gasteiger partial charge >= 0.3 is 11.9 Å². The second-order valence-corrected chi connectivity index (χ2v) is 11.6.